The Balaban J connectivity index is 2.44. The van der Waals surface area contributed by atoms with Crippen molar-refractivity contribution >= 4 is 78.3 Å². The van der Waals surface area contributed by atoms with Gasteiger partial charge >= 0.3 is 0 Å². The molecule has 3 nitrogen and oxygen atoms in total. The lowest BCUT2D eigenvalue weighted by Gasteiger charge is -2.14. The quantitative estimate of drug-likeness (QED) is 0.478. The van der Waals surface area contributed by atoms with E-state index in [9.17, 15) is 9.90 Å². The number of rotatable bonds is 2. The van der Waals surface area contributed by atoms with E-state index in [2.05, 4.69) is 37.2 Å². The van der Waals surface area contributed by atoms with Crippen LogP contribution in [0.3, 0.4) is 0 Å². The van der Waals surface area contributed by atoms with Crippen LogP contribution in [0.2, 0.25) is 15.1 Å². The molecule has 116 valence electrons. The molecule has 1 amide bonds. The van der Waals surface area contributed by atoms with Gasteiger partial charge in [-0.1, -0.05) is 34.8 Å². The predicted molar refractivity (Wildman–Crippen MR) is 97.7 cm³/mol. The van der Waals surface area contributed by atoms with Crippen LogP contribution >= 0.6 is 66.7 Å². The molecule has 0 aliphatic heterocycles. The number of carbonyl (C=O) groups is 1. The molecule has 0 aromatic heterocycles. The van der Waals surface area contributed by atoms with Crippen molar-refractivity contribution in [2.45, 2.75) is 6.92 Å². The summed E-state index contributed by atoms with van der Waals surface area (Å²) in [6, 6.07) is 4.66. The fraction of sp³-hybridized carbons (Fsp3) is 0.0714. The highest BCUT2D eigenvalue weighted by atomic mass is 79.9. The number of amides is 1. The van der Waals surface area contributed by atoms with Crippen LogP contribution < -0.4 is 5.32 Å². The van der Waals surface area contributed by atoms with Gasteiger partial charge in [0.15, 0.2) is 0 Å². The average molecular weight is 488 g/mol. The van der Waals surface area contributed by atoms with Crippen molar-refractivity contribution in [2.24, 2.45) is 0 Å². The van der Waals surface area contributed by atoms with Crippen molar-refractivity contribution in [3.05, 3.63) is 53.3 Å². The largest absolute Gasteiger partial charge is 0.506 e. The van der Waals surface area contributed by atoms with E-state index in [1.807, 2.05) is 0 Å². The highest BCUT2D eigenvalue weighted by molar-refractivity contribution is 9.11. The molecule has 0 atom stereocenters. The number of aromatic hydroxyl groups is 1. The third kappa shape index (κ3) is 3.39. The molecule has 2 aromatic carbocycles. The van der Waals surface area contributed by atoms with E-state index in [0.717, 1.165) is 0 Å². The Hall–Kier alpha value is -0.460. The number of nitrogens with one attached hydrogen (secondary N) is 1. The van der Waals surface area contributed by atoms with Crippen LogP contribution in [-0.2, 0) is 0 Å². The first-order valence-electron chi connectivity index (χ1n) is 5.86. The Morgan fingerprint density at radius 3 is 2.36 bits per heavy atom. The van der Waals surface area contributed by atoms with E-state index in [1.54, 1.807) is 19.1 Å². The van der Waals surface area contributed by atoms with E-state index >= 15 is 0 Å². The molecular formula is C14H8Br2Cl3NO2. The third-order valence-electron chi connectivity index (χ3n) is 2.92. The van der Waals surface area contributed by atoms with E-state index in [4.69, 9.17) is 34.8 Å². The Morgan fingerprint density at radius 1 is 1.14 bits per heavy atom. The van der Waals surface area contributed by atoms with E-state index in [-0.39, 0.29) is 16.3 Å². The Morgan fingerprint density at radius 2 is 1.77 bits per heavy atom. The maximum Gasteiger partial charge on any atom is 0.261 e. The number of carbonyl (C=O) groups excluding carboxylic acids is 1. The minimum absolute atomic E-state index is 0.0444. The summed E-state index contributed by atoms with van der Waals surface area (Å²) in [5.41, 5.74) is 1.08. The van der Waals surface area contributed by atoms with Gasteiger partial charge in [-0.3, -0.25) is 4.79 Å². The summed E-state index contributed by atoms with van der Waals surface area (Å²) < 4.78 is 0.918. The van der Waals surface area contributed by atoms with E-state index < -0.39 is 5.91 Å². The van der Waals surface area contributed by atoms with Crippen LogP contribution in [0, 0.1) is 6.92 Å². The molecule has 8 heteroatoms. The molecule has 0 heterocycles. The zero-order valence-electron chi connectivity index (χ0n) is 11.0. The zero-order chi connectivity index (χ0) is 16.6. The Kier molecular flexibility index (Phi) is 5.67. The van der Waals surface area contributed by atoms with Crippen LogP contribution in [0.4, 0.5) is 5.69 Å². The summed E-state index contributed by atoms with van der Waals surface area (Å²) in [5, 5.41) is 13.6. The fourth-order valence-electron chi connectivity index (χ4n) is 1.74. The predicted octanol–water partition coefficient (Wildman–Crippen LogP) is 6.44. The van der Waals surface area contributed by atoms with Gasteiger partial charge in [0.1, 0.15) is 11.3 Å². The number of phenolic OH excluding ortho intramolecular Hbond substituents is 1. The minimum atomic E-state index is -0.567. The summed E-state index contributed by atoms with van der Waals surface area (Å²) in [6.07, 6.45) is 0. The van der Waals surface area contributed by atoms with Crippen LogP contribution in [0.25, 0.3) is 0 Å². The molecule has 22 heavy (non-hydrogen) atoms. The van der Waals surface area contributed by atoms with E-state index in [1.165, 1.54) is 6.07 Å². The average Bonchev–Trinajstić information content (AvgIpc) is 2.47. The normalized spacial score (nSPS) is 10.6. The van der Waals surface area contributed by atoms with Gasteiger partial charge in [-0.2, -0.15) is 0 Å². The fourth-order valence-corrected chi connectivity index (χ4v) is 3.41. The second-order valence-corrected chi connectivity index (χ2v) is 7.15. The van der Waals surface area contributed by atoms with Crippen LogP contribution in [0.15, 0.2) is 27.1 Å². The van der Waals surface area contributed by atoms with Crippen molar-refractivity contribution < 1.29 is 9.90 Å². The van der Waals surface area contributed by atoms with Gasteiger partial charge in [-0.15, -0.1) is 0 Å². The lowest BCUT2D eigenvalue weighted by Crippen LogP contribution is -2.13. The SMILES string of the molecule is Cc1c(Br)c(O)c(C(=O)Nc2ccc(Cl)c(Cl)c2)c(Cl)c1Br. The first kappa shape index (κ1) is 17.9. The van der Waals surface area contributed by atoms with Crippen molar-refractivity contribution in [1.82, 2.24) is 0 Å². The monoisotopic (exact) mass is 485 g/mol. The zero-order valence-corrected chi connectivity index (χ0v) is 16.4. The summed E-state index contributed by atoms with van der Waals surface area (Å²) in [4.78, 5) is 12.4. The van der Waals surface area contributed by atoms with Gasteiger partial charge in [-0.05, 0) is 62.5 Å². The summed E-state index contributed by atoms with van der Waals surface area (Å²) in [6.45, 7) is 1.75. The smallest absolute Gasteiger partial charge is 0.261 e. The lowest BCUT2D eigenvalue weighted by molar-refractivity contribution is 0.102. The first-order valence-corrected chi connectivity index (χ1v) is 8.58. The molecule has 0 fully saturated rings. The second kappa shape index (κ2) is 6.97. The lowest BCUT2D eigenvalue weighted by atomic mass is 10.1. The van der Waals surface area contributed by atoms with Gasteiger partial charge in [0.25, 0.3) is 5.91 Å². The summed E-state index contributed by atoms with van der Waals surface area (Å²) >= 11 is 24.4. The van der Waals surface area contributed by atoms with Crippen molar-refractivity contribution in [3.63, 3.8) is 0 Å². The van der Waals surface area contributed by atoms with Crippen molar-refractivity contribution in [2.75, 3.05) is 5.32 Å². The number of phenols is 1. The van der Waals surface area contributed by atoms with E-state index in [0.29, 0.717) is 30.2 Å². The highest BCUT2D eigenvalue weighted by Gasteiger charge is 2.23. The van der Waals surface area contributed by atoms with Gasteiger partial charge in [0.05, 0.1) is 19.5 Å². The van der Waals surface area contributed by atoms with Gasteiger partial charge < -0.3 is 10.4 Å². The van der Waals surface area contributed by atoms with Crippen LogP contribution in [0.1, 0.15) is 15.9 Å². The molecular weight excluding hydrogens is 480 g/mol. The highest BCUT2D eigenvalue weighted by Crippen LogP contribution is 2.42. The molecule has 0 bridgehead atoms. The van der Waals surface area contributed by atoms with Crippen molar-refractivity contribution in [1.29, 1.82) is 0 Å². The van der Waals surface area contributed by atoms with Gasteiger partial charge in [0.2, 0.25) is 0 Å². The maximum atomic E-state index is 12.4. The Bertz CT molecular complexity index is 752. The van der Waals surface area contributed by atoms with Gasteiger partial charge in [-0.25, -0.2) is 0 Å². The number of benzene rings is 2. The summed E-state index contributed by atoms with van der Waals surface area (Å²) in [7, 11) is 0. The molecule has 0 unspecified atom stereocenters. The molecule has 0 saturated carbocycles. The molecule has 2 rings (SSSR count). The summed E-state index contributed by atoms with van der Waals surface area (Å²) in [5.74, 6) is -0.800. The molecule has 0 aliphatic rings. The van der Waals surface area contributed by atoms with Crippen molar-refractivity contribution in [3.8, 4) is 5.75 Å². The van der Waals surface area contributed by atoms with Gasteiger partial charge in [0, 0.05) is 10.2 Å². The molecule has 0 spiro atoms. The van der Waals surface area contributed by atoms with Crippen LogP contribution in [-0.4, -0.2) is 11.0 Å². The second-order valence-electron chi connectivity index (χ2n) is 4.37. The standard InChI is InChI=1S/C14H8Br2Cl3NO2/c1-5-10(15)12(19)9(13(21)11(5)16)14(22)20-6-2-3-7(17)8(18)4-6/h2-4,21H,1H3,(H,20,22). The first-order chi connectivity index (χ1) is 10.2. The number of hydrogen-bond acceptors (Lipinski definition) is 2. The van der Waals surface area contributed by atoms with Crippen LogP contribution in [0.5, 0.6) is 5.75 Å². The molecule has 2 aromatic rings. The topological polar surface area (TPSA) is 49.3 Å². The molecule has 2 N–H and O–H groups in total. The number of halogens is 5. The maximum absolute atomic E-state index is 12.4. The minimum Gasteiger partial charge on any atom is -0.506 e. The number of anilines is 1. The Labute approximate surface area is 158 Å². The molecule has 0 radical (unpaired) electrons. The third-order valence-corrected chi connectivity index (χ3v) is 6.23. The molecule has 0 saturated heterocycles. The number of hydrogen-bond donors (Lipinski definition) is 2. The molecule has 0 aliphatic carbocycles.